The number of carbonyl (C=O) groups is 2. The van der Waals surface area contributed by atoms with Crippen LogP contribution >= 0.6 is 0 Å². The summed E-state index contributed by atoms with van der Waals surface area (Å²) in [5.41, 5.74) is 6.44. The zero-order chi connectivity index (χ0) is 11.4. The number of anilines is 1. The van der Waals surface area contributed by atoms with Gasteiger partial charge in [-0.05, 0) is 17.7 Å². The van der Waals surface area contributed by atoms with Crippen LogP contribution in [0.15, 0.2) is 24.3 Å². The van der Waals surface area contributed by atoms with Crippen LogP contribution in [-0.4, -0.2) is 17.0 Å². The summed E-state index contributed by atoms with van der Waals surface area (Å²) in [6.45, 7) is 1.27. The molecule has 0 bridgehead atoms. The summed E-state index contributed by atoms with van der Waals surface area (Å²) in [4.78, 5) is 21.7. The molecule has 0 saturated heterocycles. The van der Waals surface area contributed by atoms with E-state index in [-0.39, 0.29) is 0 Å². The molecule has 0 spiro atoms. The summed E-state index contributed by atoms with van der Waals surface area (Å²) in [6, 6.07) is 5.37. The second-order valence-electron chi connectivity index (χ2n) is 3.14. The molecule has 1 rings (SSSR count). The fourth-order valence-electron chi connectivity index (χ4n) is 1.23. The number of carbonyl (C=O) groups excluding carboxylic acids is 1. The minimum atomic E-state index is -1.11. The summed E-state index contributed by atoms with van der Waals surface area (Å²) in [5.74, 6) is -1.51. The van der Waals surface area contributed by atoms with Crippen LogP contribution in [0.25, 0.3) is 0 Å². The molecule has 0 unspecified atom stereocenters. The summed E-state index contributed by atoms with van der Waals surface area (Å²) < 4.78 is 0. The lowest BCUT2D eigenvalue weighted by atomic mass is 10.1. The van der Waals surface area contributed by atoms with Crippen LogP contribution in [0, 0.1) is 0 Å². The highest BCUT2D eigenvalue weighted by molar-refractivity contribution is 5.83. The Kier molecular flexibility index (Phi) is 3.28. The van der Waals surface area contributed by atoms with Gasteiger partial charge in [0.2, 0.25) is 5.91 Å². The Morgan fingerprint density at radius 1 is 1.47 bits per heavy atom. The molecule has 0 fully saturated rings. The first-order chi connectivity index (χ1) is 7.00. The topological polar surface area (TPSA) is 92.4 Å². The van der Waals surface area contributed by atoms with Crippen molar-refractivity contribution in [3.63, 3.8) is 0 Å². The summed E-state index contributed by atoms with van der Waals surface area (Å²) in [7, 11) is 0. The molecule has 0 heterocycles. The van der Waals surface area contributed by atoms with Crippen molar-refractivity contribution in [3.8, 4) is 0 Å². The Morgan fingerprint density at radius 3 is 2.60 bits per heavy atom. The molecule has 1 aromatic rings. The van der Waals surface area contributed by atoms with Gasteiger partial charge in [-0.1, -0.05) is 12.1 Å². The van der Waals surface area contributed by atoms with Gasteiger partial charge in [0.15, 0.2) is 6.04 Å². The summed E-state index contributed by atoms with van der Waals surface area (Å²) in [6.07, 6.45) is 0. The Morgan fingerprint density at radius 2 is 2.13 bits per heavy atom. The van der Waals surface area contributed by atoms with Crippen LogP contribution in [0.4, 0.5) is 5.69 Å². The molecule has 0 aliphatic rings. The Bertz CT molecular complexity index is 390. The molecule has 0 aliphatic carbocycles. The first-order valence-corrected chi connectivity index (χ1v) is 4.36. The smallest absolute Gasteiger partial charge is 0.330 e. The van der Waals surface area contributed by atoms with E-state index in [1.54, 1.807) is 18.2 Å². The van der Waals surface area contributed by atoms with Gasteiger partial charge < -0.3 is 16.2 Å². The van der Waals surface area contributed by atoms with Crippen LogP contribution in [0.1, 0.15) is 18.5 Å². The zero-order valence-electron chi connectivity index (χ0n) is 8.23. The van der Waals surface area contributed by atoms with E-state index in [0.717, 1.165) is 0 Å². The standard InChI is InChI=1S/C10H12N2O3/c1-6(13)12-9(10(14)15)7-3-2-4-8(11)5-7/h2-5,9H,11H2,1H3,(H,12,13)(H,14,15)/t9-/m1/s1. The fourth-order valence-corrected chi connectivity index (χ4v) is 1.23. The van der Waals surface area contributed by atoms with Crippen LogP contribution in [-0.2, 0) is 9.59 Å². The van der Waals surface area contributed by atoms with E-state index >= 15 is 0 Å². The first-order valence-electron chi connectivity index (χ1n) is 4.36. The Balaban J connectivity index is 2.98. The number of benzene rings is 1. The molecule has 80 valence electrons. The Hall–Kier alpha value is -2.04. The van der Waals surface area contributed by atoms with Gasteiger partial charge in [0.05, 0.1) is 0 Å². The summed E-state index contributed by atoms with van der Waals surface area (Å²) >= 11 is 0. The molecule has 0 radical (unpaired) electrons. The van der Waals surface area contributed by atoms with Crippen molar-refractivity contribution in [3.05, 3.63) is 29.8 Å². The zero-order valence-corrected chi connectivity index (χ0v) is 8.23. The average Bonchev–Trinajstić information content (AvgIpc) is 2.13. The number of carboxylic acid groups (broad SMARTS) is 1. The van der Waals surface area contributed by atoms with Crippen molar-refractivity contribution in [2.45, 2.75) is 13.0 Å². The van der Waals surface area contributed by atoms with Gasteiger partial charge in [-0.15, -0.1) is 0 Å². The van der Waals surface area contributed by atoms with Crippen LogP contribution in [0.5, 0.6) is 0 Å². The predicted molar refractivity (Wildman–Crippen MR) is 55.0 cm³/mol. The highest BCUT2D eigenvalue weighted by Gasteiger charge is 2.20. The second-order valence-corrected chi connectivity index (χ2v) is 3.14. The molecule has 1 aromatic carbocycles. The van der Waals surface area contributed by atoms with E-state index in [0.29, 0.717) is 11.3 Å². The maximum absolute atomic E-state index is 10.9. The number of rotatable bonds is 3. The summed E-state index contributed by atoms with van der Waals surface area (Å²) in [5, 5.41) is 11.2. The third-order valence-corrected chi connectivity index (χ3v) is 1.84. The van der Waals surface area contributed by atoms with Crippen molar-refractivity contribution < 1.29 is 14.7 Å². The third-order valence-electron chi connectivity index (χ3n) is 1.84. The molecule has 0 aliphatic heterocycles. The number of aliphatic carboxylic acids is 1. The monoisotopic (exact) mass is 208 g/mol. The number of hydrogen-bond donors (Lipinski definition) is 3. The number of nitrogen functional groups attached to an aromatic ring is 1. The van der Waals surface area contributed by atoms with Gasteiger partial charge in [-0.2, -0.15) is 0 Å². The van der Waals surface area contributed by atoms with Gasteiger partial charge in [0, 0.05) is 12.6 Å². The molecule has 0 saturated carbocycles. The largest absolute Gasteiger partial charge is 0.479 e. The van der Waals surface area contributed by atoms with E-state index in [9.17, 15) is 9.59 Å². The lowest BCUT2D eigenvalue weighted by Gasteiger charge is -2.13. The number of carboxylic acids is 1. The molecular weight excluding hydrogens is 196 g/mol. The maximum Gasteiger partial charge on any atom is 0.330 e. The van der Waals surface area contributed by atoms with Gasteiger partial charge in [0.25, 0.3) is 0 Å². The fraction of sp³-hybridized carbons (Fsp3) is 0.200. The minimum Gasteiger partial charge on any atom is -0.479 e. The van der Waals surface area contributed by atoms with Gasteiger partial charge >= 0.3 is 5.97 Å². The lowest BCUT2D eigenvalue weighted by molar-refractivity contribution is -0.141. The van der Waals surface area contributed by atoms with Crippen molar-refractivity contribution in [1.82, 2.24) is 5.32 Å². The van der Waals surface area contributed by atoms with Crippen LogP contribution in [0.2, 0.25) is 0 Å². The molecule has 1 amide bonds. The van der Waals surface area contributed by atoms with Crippen molar-refractivity contribution in [1.29, 1.82) is 0 Å². The van der Waals surface area contributed by atoms with Crippen molar-refractivity contribution in [2.75, 3.05) is 5.73 Å². The van der Waals surface area contributed by atoms with E-state index in [1.165, 1.54) is 13.0 Å². The number of hydrogen-bond acceptors (Lipinski definition) is 3. The van der Waals surface area contributed by atoms with Crippen LogP contribution in [0.3, 0.4) is 0 Å². The molecule has 4 N–H and O–H groups in total. The quantitative estimate of drug-likeness (QED) is 0.632. The van der Waals surface area contributed by atoms with Crippen molar-refractivity contribution >= 4 is 17.6 Å². The normalized spacial score (nSPS) is 11.8. The number of nitrogens with two attached hydrogens (primary N) is 1. The number of amides is 1. The highest BCUT2D eigenvalue weighted by Crippen LogP contribution is 2.16. The van der Waals surface area contributed by atoms with Gasteiger partial charge in [-0.3, -0.25) is 4.79 Å². The molecule has 0 aromatic heterocycles. The highest BCUT2D eigenvalue weighted by atomic mass is 16.4. The molecule has 5 heteroatoms. The SMILES string of the molecule is CC(=O)N[C@@H](C(=O)O)c1cccc(N)c1. The molecular formula is C10H12N2O3. The molecule has 5 nitrogen and oxygen atoms in total. The van der Waals surface area contributed by atoms with Gasteiger partial charge in [-0.25, -0.2) is 4.79 Å². The van der Waals surface area contributed by atoms with E-state index in [2.05, 4.69) is 5.32 Å². The average molecular weight is 208 g/mol. The molecule has 1 atom stereocenters. The predicted octanol–water partition coefficient (Wildman–Crippen LogP) is 0.531. The van der Waals surface area contributed by atoms with E-state index in [1.807, 2.05) is 0 Å². The van der Waals surface area contributed by atoms with Crippen LogP contribution < -0.4 is 11.1 Å². The minimum absolute atomic E-state index is 0.398. The van der Waals surface area contributed by atoms with Crippen molar-refractivity contribution in [2.24, 2.45) is 0 Å². The molecule has 15 heavy (non-hydrogen) atoms. The van der Waals surface area contributed by atoms with E-state index < -0.39 is 17.9 Å². The maximum atomic E-state index is 10.9. The second kappa shape index (κ2) is 4.45. The number of nitrogens with one attached hydrogen (secondary N) is 1. The lowest BCUT2D eigenvalue weighted by Crippen LogP contribution is -2.31. The van der Waals surface area contributed by atoms with Gasteiger partial charge in [0.1, 0.15) is 0 Å². The first kappa shape index (κ1) is 11.0. The Labute approximate surface area is 86.9 Å². The third kappa shape index (κ3) is 2.98. The van der Waals surface area contributed by atoms with E-state index in [4.69, 9.17) is 10.8 Å².